The Morgan fingerprint density at radius 1 is 1.24 bits per heavy atom. The average Bonchev–Trinajstić information content (AvgIpc) is 3.59. The van der Waals surface area contributed by atoms with Crippen LogP contribution in [0.1, 0.15) is 22.8 Å². The number of aromatic nitrogens is 5. The van der Waals surface area contributed by atoms with E-state index in [1.165, 1.54) is 23.7 Å². The number of amides is 2. The molecule has 2 amide bonds. The van der Waals surface area contributed by atoms with Crippen molar-refractivity contribution in [1.29, 1.82) is 0 Å². The average molecular weight is 461 g/mol. The summed E-state index contributed by atoms with van der Waals surface area (Å²) >= 11 is 1.35. The van der Waals surface area contributed by atoms with E-state index in [1.54, 1.807) is 28.7 Å². The van der Waals surface area contributed by atoms with Gasteiger partial charge in [0.1, 0.15) is 22.8 Å². The molecule has 0 radical (unpaired) electrons. The van der Waals surface area contributed by atoms with Crippen molar-refractivity contribution in [3.8, 4) is 11.3 Å². The van der Waals surface area contributed by atoms with Gasteiger partial charge in [-0.2, -0.15) is 5.10 Å². The third-order valence-corrected chi connectivity index (χ3v) is 6.29. The lowest BCUT2D eigenvalue weighted by molar-refractivity contribution is -0.125. The number of thiazole rings is 1. The Morgan fingerprint density at radius 3 is 2.79 bits per heavy atom. The summed E-state index contributed by atoms with van der Waals surface area (Å²) in [5.74, 6) is 0.00257. The molecule has 3 N–H and O–H groups in total. The highest BCUT2D eigenvalue weighted by atomic mass is 32.1. The number of nitrogen functional groups attached to an aromatic ring is 1. The molecule has 1 aliphatic rings. The molecular weight excluding hydrogens is 440 g/mol. The number of nitrogens with one attached hydrogen (secondary N) is 1. The molecule has 33 heavy (non-hydrogen) atoms. The zero-order valence-electron chi connectivity index (χ0n) is 17.5. The van der Waals surface area contributed by atoms with Crippen LogP contribution in [0, 0.1) is 0 Å². The number of carbonyl (C=O) groups is 2. The highest BCUT2D eigenvalue weighted by molar-refractivity contribution is 7.14. The largest absolute Gasteiger partial charge is 0.383 e. The standard InChI is InChI=1S/C22H20N8O2S/c1-2-17(31)29-8-7-15(10-29)30-21-18(20(23)25-11-26-21)19(28-30)13-3-5-14(6-4-13)22(32)27-16-9-24-12-33-16/h2-6,9,11-12,15H,1,7-8,10H2,(H,27,32)(H2,23,25,26). The quantitative estimate of drug-likeness (QED) is 0.438. The molecular formula is C22H20N8O2S. The predicted molar refractivity (Wildman–Crippen MR) is 126 cm³/mol. The Labute approximate surface area is 192 Å². The van der Waals surface area contributed by atoms with Crippen LogP contribution in [-0.4, -0.2) is 54.5 Å². The summed E-state index contributed by atoms with van der Waals surface area (Å²) in [6.45, 7) is 4.70. The molecule has 5 rings (SSSR count). The number of hydrogen-bond acceptors (Lipinski definition) is 8. The molecule has 4 heterocycles. The molecule has 1 unspecified atom stereocenters. The number of anilines is 2. The first-order chi connectivity index (χ1) is 16.0. The Balaban J connectivity index is 1.48. The third kappa shape index (κ3) is 3.82. The summed E-state index contributed by atoms with van der Waals surface area (Å²) in [5, 5.41) is 8.96. The molecule has 11 heteroatoms. The van der Waals surface area contributed by atoms with Gasteiger partial charge in [0.2, 0.25) is 5.91 Å². The Morgan fingerprint density at radius 2 is 2.06 bits per heavy atom. The first-order valence-corrected chi connectivity index (χ1v) is 11.1. The van der Waals surface area contributed by atoms with Crippen LogP contribution < -0.4 is 11.1 Å². The van der Waals surface area contributed by atoms with Gasteiger partial charge in [-0.05, 0) is 24.6 Å². The van der Waals surface area contributed by atoms with Crippen molar-refractivity contribution < 1.29 is 9.59 Å². The Bertz CT molecular complexity index is 1350. The van der Waals surface area contributed by atoms with Crippen molar-refractivity contribution in [3.05, 3.63) is 60.5 Å². The minimum atomic E-state index is -0.220. The molecule has 0 aliphatic carbocycles. The SMILES string of the molecule is C=CC(=O)N1CCC(n2nc(-c3ccc(C(=O)Nc4cncs4)cc3)c3c(N)ncnc32)C1. The number of benzene rings is 1. The molecule has 166 valence electrons. The summed E-state index contributed by atoms with van der Waals surface area (Å²) in [5.41, 5.74) is 10.4. The molecule has 0 spiro atoms. The zero-order chi connectivity index (χ0) is 22.9. The Hall–Kier alpha value is -4.12. The number of fused-ring (bicyclic) bond motifs is 1. The van der Waals surface area contributed by atoms with Gasteiger partial charge in [0, 0.05) is 24.2 Å². The second-order valence-corrected chi connectivity index (χ2v) is 8.47. The highest BCUT2D eigenvalue weighted by Crippen LogP contribution is 2.34. The number of hydrogen-bond donors (Lipinski definition) is 2. The molecule has 0 saturated carbocycles. The minimum absolute atomic E-state index is 0.0380. The maximum Gasteiger partial charge on any atom is 0.256 e. The van der Waals surface area contributed by atoms with Crippen molar-refractivity contribution in [2.24, 2.45) is 0 Å². The maximum absolute atomic E-state index is 12.5. The molecule has 0 bridgehead atoms. The smallest absolute Gasteiger partial charge is 0.256 e. The molecule has 1 fully saturated rings. The minimum Gasteiger partial charge on any atom is -0.383 e. The van der Waals surface area contributed by atoms with E-state index in [2.05, 4.69) is 26.8 Å². The van der Waals surface area contributed by atoms with Crippen LogP contribution in [0.2, 0.25) is 0 Å². The zero-order valence-corrected chi connectivity index (χ0v) is 18.3. The maximum atomic E-state index is 12.5. The lowest BCUT2D eigenvalue weighted by Gasteiger charge is -2.14. The van der Waals surface area contributed by atoms with Crippen molar-refractivity contribution in [1.82, 2.24) is 29.6 Å². The van der Waals surface area contributed by atoms with E-state index in [-0.39, 0.29) is 17.9 Å². The van der Waals surface area contributed by atoms with Crippen LogP contribution in [0.15, 0.2) is 55.0 Å². The molecule has 1 aliphatic heterocycles. The van der Waals surface area contributed by atoms with Gasteiger partial charge in [-0.25, -0.2) is 14.6 Å². The van der Waals surface area contributed by atoms with Crippen LogP contribution in [0.25, 0.3) is 22.3 Å². The van der Waals surface area contributed by atoms with Gasteiger partial charge < -0.3 is 16.0 Å². The van der Waals surface area contributed by atoms with Crippen molar-refractivity contribution in [3.63, 3.8) is 0 Å². The van der Waals surface area contributed by atoms with E-state index < -0.39 is 0 Å². The van der Waals surface area contributed by atoms with Gasteiger partial charge in [-0.3, -0.25) is 14.6 Å². The number of likely N-dealkylation sites (tertiary alicyclic amines) is 1. The molecule has 1 aromatic carbocycles. The van der Waals surface area contributed by atoms with Crippen molar-refractivity contribution in [2.45, 2.75) is 12.5 Å². The van der Waals surface area contributed by atoms with Crippen LogP contribution in [0.4, 0.5) is 10.8 Å². The number of nitrogens with two attached hydrogens (primary N) is 1. The summed E-state index contributed by atoms with van der Waals surface area (Å²) in [6.07, 6.45) is 5.08. The van der Waals surface area contributed by atoms with Gasteiger partial charge in [-0.1, -0.05) is 18.7 Å². The van der Waals surface area contributed by atoms with Crippen molar-refractivity contribution >= 4 is 45.0 Å². The van der Waals surface area contributed by atoms with Crippen LogP contribution in [0.3, 0.4) is 0 Å². The topological polar surface area (TPSA) is 132 Å². The van der Waals surface area contributed by atoms with E-state index in [0.717, 1.165) is 12.0 Å². The fraction of sp³-hybridized carbons (Fsp3) is 0.182. The van der Waals surface area contributed by atoms with E-state index in [9.17, 15) is 9.59 Å². The lowest BCUT2D eigenvalue weighted by atomic mass is 10.1. The third-order valence-electron chi connectivity index (χ3n) is 5.60. The normalized spacial score (nSPS) is 15.6. The van der Waals surface area contributed by atoms with Crippen molar-refractivity contribution in [2.75, 3.05) is 24.1 Å². The monoisotopic (exact) mass is 460 g/mol. The number of rotatable bonds is 5. The molecule has 1 atom stereocenters. The molecule has 10 nitrogen and oxygen atoms in total. The second-order valence-electron chi connectivity index (χ2n) is 7.58. The number of carbonyl (C=O) groups excluding carboxylic acids is 2. The lowest BCUT2D eigenvalue weighted by Crippen LogP contribution is -2.27. The van der Waals surface area contributed by atoms with E-state index >= 15 is 0 Å². The summed E-state index contributed by atoms with van der Waals surface area (Å²) in [6, 6.07) is 7.07. The predicted octanol–water partition coefficient (Wildman–Crippen LogP) is 2.74. The van der Waals surface area contributed by atoms with Gasteiger partial charge in [0.05, 0.1) is 23.1 Å². The van der Waals surface area contributed by atoms with E-state index in [4.69, 9.17) is 10.8 Å². The fourth-order valence-corrected chi connectivity index (χ4v) is 4.47. The van der Waals surface area contributed by atoms with E-state index in [1.807, 2.05) is 16.8 Å². The summed E-state index contributed by atoms with van der Waals surface area (Å²) in [4.78, 5) is 38.8. The summed E-state index contributed by atoms with van der Waals surface area (Å²) in [7, 11) is 0. The van der Waals surface area contributed by atoms with Gasteiger partial charge in [-0.15, -0.1) is 11.3 Å². The summed E-state index contributed by atoms with van der Waals surface area (Å²) < 4.78 is 1.82. The first-order valence-electron chi connectivity index (χ1n) is 10.3. The van der Waals surface area contributed by atoms with E-state index in [0.29, 0.717) is 46.2 Å². The second kappa shape index (κ2) is 8.43. The van der Waals surface area contributed by atoms with Crippen LogP contribution >= 0.6 is 11.3 Å². The highest BCUT2D eigenvalue weighted by Gasteiger charge is 2.30. The fourth-order valence-electron chi connectivity index (χ4n) is 3.96. The molecule has 3 aromatic heterocycles. The van der Waals surface area contributed by atoms with Crippen LogP contribution in [-0.2, 0) is 4.79 Å². The number of nitrogens with zero attached hydrogens (tertiary/aromatic N) is 6. The molecule has 4 aromatic rings. The Kier molecular flexibility index (Phi) is 5.31. The first kappa shape index (κ1) is 20.8. The molecule has 1 saturated heterocycles. The van der Waals surface area contributed by atoms with Gasteiger partial charge in [0.25, 0.3) is 5.91 Å². The van der Waals surface area contributed by atoms with Gasteiger partial charge in [0.15, 0.2) is 5.65 Å². The van der Waals surface area contributed by atoms with Gasteiger partial charge >= 0.3 is 0 Å². The van der Waals surface area contributed by atoms with Crippen LogP contribution in [0.5, 0.6) is 0 Å².